The maximum absolute atomic E-state index is 14.5. The quantitative estimate of drug-likeness (QED) is 0.135. The first-order valence-corrected chi connectivity index (χ1v) is 26.5. The predicted octanol–water partition coefficient (Wildman–Crippen LogP) is 7.91. The number of alkyl halides is 1. The van der Waals surface area contributed by atoms with Crippen molar-refractivity contribution >= 4 is 51.1 Å². The van der Waals surface area contributed by atoms with E-state index < -0.39 is 100 Å². The highest BCUT2D eigenvalue weighted by atomic mass is 79.9. The first kappa shape index (κ1) is 60.2. The summed E-state index contributed by atoms with van der Waals surface area (Å²) in [5, 5.41) is 23.5. The topological polar surface area (TPSA) is 201 Å². The fraction of sp³-hybridized carbons (Fsp3) is 0.745. The second-order valence-electron chi connectivity index (χ2n) is 21.5. The van der Waals surface area contributed by atoms with Crippen LogP contribution in [0.1, 0.15) is 139 Å². The number of esters is 2. The van der Waals surface area contributed by atoms with Crippen LogP contribution in [-0.2, 0) is 57.2 Å². The van der Waals surface area contributed by atoms with Crippen LogP contribution in [0.3, 0.4) is 0 Å². The van der Waals surface area contributed by atoms with Crippen molar-refractivity contribution in [2.45, 2.75) is 198 Å². The van der Waals surface area contributed by atoms with Gasteiger partial charge in [0.25, 0.3) is 11.7 Å². The van der Waals surface area contributed by atoms with Crippen LogP contribution < -0.4 is 0 Å². The number of nitrogens with zero attached hydrogens (tertiary/aromatic N) is 1. The molecule has 15 atom stereocenters. The van der Waals surface area contributed by atoms with Crippen LogP contribution in [0.4, 0.5) is 0 Å². The van der Waals surface area contributed by atoms with E-state index in [0.29, 0.717) is 69.8 Å². The van der Waals surface area contributed by atoms with Gasteiger partial charge < -0.3 is 43.5 Å². The van der Waals surface area contributed by atoms with Gasteiger partial charge >= 0.3 is 11.9 Å². The minimum absolute atomic E-state index is 0.00975. The van der Waals surface area contributed by atoms with Crippen molar-refractivity contribution in [2.75, 3.05) is 27.9 Å². The molecule has 0 aromatic carbocycles. The summed E-state index contributed by atoms with van der Waals surface area (Å²) in [5.41, 5.74) is 1.17. The molecule has 4 aliphatic rings. The molecular weight excluding hydrogens is 979 g/mol. The molecule has 2 N–H and O–H groups in total. The van der Waals surface area contributed by atoms with Crippen molar-refractivity contribution in [1.82, 2.24) is 4.90 Å². The van der Waals surface area contributed by atoms with Crippen molar-refractivity contribution < 1.29 is 67.4 Å². The number of rotatable bonds is 8. The highest BCUT2D eigenvalue weighted by Crippen LogP contribution is 2.38. The van der Waals surface area contributed by atoms with Crippen molar-refractivity contribution in [3.05, 3.63) is 47.6 Å². The zero-order chi connectivity index (χ0) is 53.0. The standard InChI is InChI=1S/C55H84BrNO14/c1-32-18-14-13-15-19-33(2)44(66-10)30-40-23-21-38(7)55(65,71-40)50(61)51(62)57-25-17-16-20-41(57)52(63)69-45(31-42(58)34(3)27-37(6)48(60)49(68-12)47(59)36(5)26-32)35(4)28-39-22-24-43(46(29-39)67-11)70-53(64)54(8,9)56/h13-15,18-19,27,32,35-41,43-46,48-49,60,65H,16-17,20-26,28-31H2,1-12H3/b15-13?,18-14?,33-19?,34-27-. The van der Waals surface area contributed by atoms with E-state index in [9.17, 15) is 39.0 Å². The molecule has 400 valence electrons. The molecular formula is C55H84BrNO14. The molecule has 71 heavy (non-hydrogen) atoms. The minimum Gasteiger partial charge on any atom is -0.460 e. The van der Waals surface area contributed by atoms with E-state index in [1.807, 2.05) is 58.1 Å². The van der Waals surface area contributed by atoms with Gasteiger partial charge in [-0.1, -0.05) is 87.0 Å². The molecule has 16 heteroatoms. The molecule has 3 fully saturated rings. The Bertz CT molecular complexity index is 1970. The van der Waals surface area contributed by atoms with Gasteiger partial charge in [-0.3, -0.25) is 24.0 Å². The van der Waals surface area contributed by atoms with Gasteiger partial charge in [-0.15, -0.1) is 0 Å². The number of aliphatic hydroxyl groups excluding tert-OH is 1. The molecule has 0 spiro atoms. The zero-order valence-corrected chi connectivity index (χ0v) is 45.9. The number of carbonyl (C=O) groups is 6. The third-order valence-electron chi connectivity index (χ3n) is 15.2. The second kappa shape index (κ2) is 27.2. The highest BCUT2D eigenvalue weighted by Gasteiger charge is 2.53. The van der Waals surface area contributed by atoms with E-state index in [0.717, 1.165) is 5.57 Å². The van der Waals surface area contributed by atoms with Crippen LogP contribution in [-0.4, -0.2) is 137 Å². The van der Waals surface area contributed by atoms with Gasteiger partial charge in [-0.25, -0.2) is 4.79 Å². The van der Waals surface area contributed by atoms with Crippen LogP contribution in [0.25, 0.3) is 0 Å². The number of cyclic esters (lactones) is 1. The Morgan fingerprint density at radius 1 is 0.901 bits per heavy atom. The van der Waals surface area contributed by atoms with Crippen molar-refractivity contribution in [3.8, 4) is 0 Å². The summed E-state index contributed by atoms with van der Waals surface area (Å²) in [4.78, 5) is 85.1. The van der Waals surface area contributed by atoms with Gasteiger partial charge in [0.1, 0.15) is 28.7 Å². The summed E-state index contributed by atoms with van der Waals surface area (Å²) >= 11 is 3.38. The largest absolute Gasteiger partial charge is 0.460 e. The van der Waals surface area contributed by atoms with E-state index in [-0.39, 0.29) is 48.9 Å². The monoisotopic (exact) mass is 1060 g/mol. The van der Waals surface area contributed by atoms with Crippen LogP contribution in [0, 0.1) is 35.5 Å². The van der Waals surface area contributed by atoms with E-state index in [1.165, 1.54) is 12.0 Å². The maximum atomic E-state index is 14.5. The summed E-state index contributed by atoms with van der Waals surface area (Å²) in [6.07, 6.45) is 10.9. The van der Waals surface area contributed by atoms with Gasteiger partial charge in [-0.2, -0.15) is 0 Å². The number of piperidine rings is 1. The third-order valence-corrected chi connectivity index (χ3v) is 15.5. The van der Waals surface area contributed by atoms with Crippen LogP contribution in [0.2, 0.25) is 0 Å². The maximum Gasteiger partial charge on any atom is 0.329 e. The number of Topliss-reactive ketones (excluding diaryl/α,β-unsaturated/α-hetero) is 3. The lowest BCUT2D eigenvalue weighted by molar-refractivity contribution is -0.265. The summed E-state index contributed by atoms with van der Waals surface area (Å²) in [6, 6.07) is -1.17. The number of fused-ring (bicyclic) bond motifs is 3. The summed E-state index contributed by atoms with van der Waals surface area (Å²) in [7, 11) is 4.53. The Balaban J connectivity index is 1.70. The summed E-state index contributed by atoms with van der Waals surface area (Å²) in [5.74, 6) is -8.61. The lowest BCUT2D eigenvalue weighted by atomic mass is 9.78. The first-order valence-electron chi connectivity index (χ1n) is 25.8. The number of aliphatic hydroxyl groups is 2. The van der Waals surface area contributed by atoms with E-state index in [2.05, 4.69) is 15.9 Å². The molecule has 3 heterocycles. The molecule has 15 unspecified atom stereocenters. The Morgan fingerprint density at radius 2 is 1.61 bits per heavy atom. The molecule has 1 saturated carbocycles. The number of carbonyl (C=O) groups excluding carboxylic acids is 6. The van der Waals surface area contributed by atoms with Crippen molar-refractivity contribution in [1.29, 1.82) is 0 Å². The Kier molecular flexibility index (Phi) is 23.1. The molecule has 2 bridgehead atoms. The second-order valence-corrected chi connectivity index (χ2v) is 23.4. The third kappa shape index (κ3) is 16.3. The molecule has 0 radical (unpaired) electrons. The molecule has 3 aliphatic heterocycles. The smallest absolute Gasteiger partial charge is 0.329 e. The Labute approximate surface area is 431 Å². The average Bonchev–Trinajstić information content (AvgIpc) is 3.33. The fourth-order valence-corrected chi connectivity index (χ4v) is 10.6. The Morgan fingerprint density at radius 3 is 2.25 bits per heavy atom. The minimum atomic E-state index is -2.45. The zero-order valence-electron chi connectivity index (χ0n) is 44.4. The molecule has 15 nitrogen and oxygen atoms in total. The van der Waals surface area contributed by atoms with Gasteiger partial charge in [-0.05, 0) is 121 Å². The summed E-state index contributed by atoms with van der Waals surface area (Å²) < 4.78 is 34.7. The van der Waals surface area contributed by atoms with Gasteiger partial charge in [0.15, 0.2) is 11.6 Å². The molecule has 4 rings (SSSR count). The number of hydrogen-bond donors (Lipinski definition) is 2. The number of allylic oxidation sites excluding steroid dienone is 6. The van der Waals surface area contributed by atoms with Gasteiger partial charge in [0.05, 0.1) is 24.4 Å². The van der Waals surface area contributed by atoms with Crippen molar-refractivity contribution in [2.24, 2.45) is 35.5 Å². The number of hydrogen-bond acceptors (Lipinski definition) is 14. The van der Waals surface area contributed by atoms with Crippen LogP contribution >= 0.6 is 15.9 Å². The lowest BCUT2D eigenvalue weighted by Gasteiger charge is -2.42. The number of ether oxygens (including phenoxy) is 6. The Hall–Kier alpha value is -3.38. The normalized spacial score (nSPS) is 36.5. The first-order chi connectivity index (χ1) is 33.4. The highest BCUT2D eigenvalue weighted by molar-refractivity contribution is 9.10. The van der Waals surface area contributed by atoms with Crippen LogP contribution in [0.5, 0.6) is 0 Å². The SMILES string of the molecule is COC1CC2CCC(C)C(O)(O2)C(=O)C(=O)N2CCCCC2C(=O)OC(C(C)CC2CCC(OC(=O)C(C)(C)Br)C(OC)C2)CC(=O)/C(C)=C\C(C)C(O)C(OC)C(=O)C(C)CC(C)C=CC=CC=C1C. The van der Waals surface area contributed by atoms with E-state index in [4.69, 9.17) is 28.4 Å². The van der Waals surface area contributed by atoms with Crippen LogP contribution in [0.15, 0.2) is 47.6 Å². The lowest BCUT2D eigenvalue weighted by Crippen LogP contribution is -2.61. The number of ketones is 3. The van der Waals surface area contributed by atoms with Crippen molar-refractivity contribution in [3.63, 3.8) is 0 Å². The molecule has 0 aromatic rings. The number of methoxy groups -OCH3 is 3. The molecule has 0 aromatic heterocycles. The van der Waals surface area contributed by atoms with Gasteiger partial charge in [0, 0.05) is 58.5 Å². The summed E-state index contributed by atoms with van der Waals surface area (Å²) in [6.45, 7) is 16.1. The molecule has 1 aliphatic carbocycles. The van der Waals surface area contributed by atoms with E-state index in [1.54, 1.807) is 54.9 Å². The average molecular weight is 1060 g/mol. The van der Waals surface area contributed by atoms with E-state index >= 15 is 0 Å². The number of amides is 1. The fourth-order valence-electron chi connectivity index (χ4n) is 10.5. The molecule has 1 amide bonds. The predicted molar refractivity (Wildman–Crippen MR) is 272 cm³/mol. The number of halogens is 1. The molecule has 2 saturated heterocycles. The van der Waals surface area contributed by atoms with Gasteiger partial charge in [0.2, 0.25) is 5.79 Å².